The van der Waals surface area contributed by atoms with Gasteiger partial charge in [0.1, 0.15) is 6.10 Å². The standard InChI is InChI=1S/C17H25N3O2/c21-16(12-13-4-1-2-5-13)20-14-6-8-15(9-7-14)22-17-18-10-3-11-19-17/h3,10-11,13-15H,1-2,4-9,12H2,(H,20,21). The van der Waals surface area contributed by atoms with Crippen LogP contribution < -0.4 is 10.1 Å². The van der Waals surface area contributed by atoms with Gasteiger partial charge in [-0.1, -0.05) is 12.8 Å². The molecule has 2 fully saturated rings. The van der Waals surface area contributed by atoms with Crippen LogP contribution in [-0.2, 0) is 4.79 Å². The topological polar surface area (TPSA) is 64.1 Å². The maximum atomic E-state index is 12.1. The zero-order valence-corrected chi connectivity index (χ0v) is 13.0. The number of aromatic nitrogens is 2. The third-order valence-corrected chi connectivity index (χ3v) is 4.80. The molecule has 0 saturated heterocycles. The number of nitrogens with one attached hydrogen (secondary N) is 1. The van der Waals surface area contributed by atoms with E-state index in [-0.39, 0.29) is 12.0 Å². The van der Waals surface area contributed by atoms with Gasteiger partial charge in [0.2, 0.25) is 5.91 Å². The summed E-state index contributed by atoms with van der Waals surface area (Å²) in [4.78, 5) is 20.3. The summed E-state index contributed by atoms with van der Waals surface area (Å²) in [6.45, 7) is 0. The van der Waals surface area contributed by atoms with Crippen molar-refractivity contribution in [1.82, 2.24) is 15.3 Å². The van der Waals surface area contributed by atoms with Crippen molar-refractivity contribution in [2.24, 2.45) is 5.92 Å². The van der Waals surface area contributed by atoms with Crippen molar-refractivity contribution in [2.45, 2.75) is 69.9 Å². The quantitative estimate of drug-likeness (QED) is 0.908. The molecule has 5 nitrogen and oxygen atoms in total. The first-order valence-corrected chi connectivity index (χ1v) is 8.52. The van der Waals surface area contributed by atoms with Crippen molar-refractivity contribution in [3.05, 3.63) is 18.5 Å². The second kappa shape index (κ2) is 7.56. The fourth-order valence-corrected chi connectivity index (χ4v) is 3.58. The van der Waals surface area contributed by atoms with Gasteiger partial charge in [0, 0.05) is 24.9 Å². The minimum atomic E-state index is 0.172. The van der Waals surface area contributed by atoms with Crippen LogP contribution in [0.5, 0.6) is 6.01 Å². The Bertz CT molecular complexity index is 466. The van der Waals surface area contributed by atoms with Crippen molar-refractivity contribution in [1.29, 1.82) is 0 Å². The number of hydrogen-bond acceptors (Lipinski definition) is 4. The Morgan fingerprint density at radius 2 is 1.77 bits per heavy atom. The molecule has 0 spiro atoms. The molecule has 1 amide bonds. The SMILES string of the molecule is O=C(CC1CCCC1)NC1CCC(Oc2ncccn2)CC1. The summed E-state index contributed by atoms with van der Waals surface area (Å²) in [7, 11) is 0. The van der Waals surface area contributed by atoms with Gasteiger partial charge in [0.15, 0.2) is 0 Å². The van der Waals surface area contributed by atoms with E-state index in [9.17, 15) is 4.79 Å². The minimum absolute atomic E-state index is 0.172. The molecule has 0 radical (unpaired) electrons. The van der Waals surface area contributed by atoms with Crippen molar-refractivity contribution in [3.8, 4) is 6.01 Å². The molecule has 1 aromatic rings. The van der Waals surface area contributed by atoms with E-state index in [4.69, 9.17) is 4.74 Å². The van der Waals surface area contributed by atoms with Gasteiger partial charge in [0.05, 0.1) is 0 Å². The summed E-state index contributed by atoms with van der Waals surface area (Å²) in [5, 5.41) is 3.20. The van der Waals surface area contributed by atoms with Crippen LogP contribution in [0.3, 0.4) is 0 Å². The Kier molecular flexibility index (Phi) is 5.24. The maximum absolute atomic E-state index is 12.1. The molecule has 1 heterocycles. The Hall–Kier alpha value is -1.65. The van der Waals surface area contributed by atoms with Gasteiger partial charge < -0.3 is 10.1 Å². The smallest absolute Gasteiger partial charge is 0.316 e. The Morgan fingerprint density at radius 3 is 2.45 bits per heavy atom. The first-order chi connectivity index (χ1) is 10.8. The monoisotopic (exact) mass is 303 g/mol. The van der Waals surface area contributed by atoms with E-state index in [0.29, 0.717) is 24.4 Å². The normalized spacial score (nSPS) is 25.8. The van der Waals surface area contributed by atoms with E-state index in [1.54, 1.807) is 18.5 Å². The van der Waals surface area contributed by atoms with Gasteiger partial charge >= 0.3 is 6.01 Å². The Labute approximate surface area is 131 Å². The molecule has 0 unspecified atom stereocenters. The molecule has 0 aromatic carbocycles. The highest BCUT2D eigenvalue weighted by molar-refractivity contribution is 5.76. The van der Waals surface area contributed by atoms with Gasteiger partial charge in [-0.05, 0) is 50.5 Å². The van der Waals surface area contributed by atoms with E-state index >= 15 is 0 Å². The van der Waals surface area contributed by atoms with Crippen molar-refractivity contribution in [3.63, 3.8) is 0 Å². The van der Waals surface area contributed by atoms with E-state index in [2.05, 4.69) is 15.3 Å². The van der Waals surface area contributed by atoms with Crippen LogP contribution >= 0.6 is 0 Å². The number of amides is 1. The van der Waals surface area contributed by atoms with Crippen LogP contribution in [0.1, 0.15) is 57.8 Å². The zero-order valence-electron chi connectivity index (χ0n) is 13.0. The molecular weight excluding hydrogens is 278 g/mol. The molecule has 5 heteroatoms. The Morgan fingerprint density at radius 1 is 1.09 bits per heavy atom. The molecule has 0 bridgehead atoms. The van der Waals surface area contributed by atoms with Gasteiger partial charge in [-0.25, -0.2) is 9.97 Å². The minimum Gasteiger partial charge on any atom is -0.460 e. The lowest BCUT2D eigenvalue weighted by atomic mass is 9.92. The lowest BCUT2D eigenvalue weighted by molar-refractivity contribution is -0.123. The van der Waals surface area contributed by atoms with Crippen LogP contribution in [-0.4, -0.2) is 28.0 Å². The molecule has 0 atom stereocenters. The molecule has 1 aromatic heterocycles. The summed E-state index contributed by atoms with van der Waals surface area (Å²) < 4.78 is 5.78. The molecule has 22 heavy (non-hydrogen) atoms. The van der Waals surface area contributed by atoms with Crippen LogP contribution in [0.15, 0.2) is 18.5 Å². The fourth-order valence-electron chi connectivity index (χ4n) is 3.58. The van der Waals surface area contributed by atoms with Crippen molar-refractivity contribution >= 4 is 5.91 Å². The lowest BCUT2D eigenvalue weighted by Crippen LogP contribution is -2.40. The number of carbonyl (C=O) groups excluding carboxylic acids is 1. The molecule has 120 valence electrons. The van der Waals surface area contributed by atoms with Crippen LogP contribution in [0, 0.1) is 5.92 Å². The average Bonchev–Trinajstić information content (AvgIpc) is 3.03. The molecule has 1 N–H and O–H groups in total. The maximum Gasteiger partial charge on any atom is 0.316 e. The molecule has 0 aliphatic heterocycles. The molecule has 2 aliphatic rings. The summed E-state index contributed by atoms with van der Waals surface area (Å²) in [5.74, 6) is 0.859. The molecular formula is C17H25N3O2. The van der Waals surface area contributed by atoms with Crippen LogP contribution in [0.4, 0.5) is 0 Å². The van der Waals surface area contributed by atoms with Gasteiger partial charge in [-0.3, -0.25) is 4.79 Å². The fraction of sp³-hybridized carbons (Fsp3) is 0.706. The molecule has 2 saturated carbocycles. The van der Waals surface area contributed by atoms with Crippen molar-refractivity contribution < 1.29 is 9.53 Å². The number of ether oxygens (including phenoxy) is 1. The Balaban J connectivity index is 1.37. The number of hydrogen-bond donors (Lipinski definition) is 1. The second-order valence-corrected chi connectivity index (χ2v) is 6.54. The van der Waals surface area contributed by atoms with E-state index < -0.39 is 0 Å². The molecule has 3 rings (SSSR count). The van der Waals surface area contributed by atoms with Gasteiger partial charge in [0.25, 0.3) is 0 Å². The van der Waals surface area contributed by atoms with E-state index in [1.165, 1.54) is 25.7 Å². The highest BCUT2D eigenvalue weighted by atomic mass is 16.5. The number of carbonyl (C=O) groups is 1. The summed E-state index contributed by atoms with van der Waals surface area (Å²) in [6, 6.07) is 2.55. The third kappa shape index (κ3) is 4.42. The van der Waals surface area contributed by atoms with Crippen molar-refractivity contribution in [2.75, 3.05) is 0 Å². The summed E-state index contributed by atoms with van der Waals surface area (Å²) in [6.07, 6.45) is 13.2. The predicted octanol–water partition coefficient (Wildman–Crippen LogP) is 2.86. The predicted molar refractivity (Wildman–Crippen MR) is 83.4 cm³/mol. The second-order valence-electron chi connectivity index (χ2n) is 6.54. The third-order valence-electron chi connectivity index (χ3n) is 4.80. The van der Waals surface area contributed by atoms with Gasteiger partial charge in [-0.2, -0.15) is 0 Å². The van der Waals surface area contributed by atoms with E-state index in [1.807, 2.05) is 0 Å². The number of nitrogens with zero attached hydrogens (tertiary/aromatic N) is 2. The van der Waals surface area contributed by atoms with E-state index in [0.717, 1.165) is 25.7 Å². The highest BCUT2D eigenvalue weighted by Crippen LogP contribution is 2.28. The summed E-state index contributed by atoms with van der Waals surface area (Å²) >= 11 is 0. The molecule has 2 aliphatic carbocycles. The van der Waals surface area contributed by atoms with Crippen LogP contribution in [0.2, 0.25) is 0 Å². The first-order valence-electron chi connectivity index (χ1n) is 8.52. The zero-order chi connectivity index (χ0) is 15.2. The summed E-state index contributed by atoms with van der Waals surface area (Å²) in [5.41, 5.74) is 0. The lowest BCUT2D eigenvalue weighted by Gasteiger charge is -2.29. The van der Waals surface area contributed by atoms with Crippen LogP contribution in [0.25, 0.3) is 0 Å². The van der Waals surface area contributed by atoms with Gasteiger partial charge in [-0.15, -0.1) is 0 Å². The highest BCUT2D eigenvalue weighted by Gasteiger charge is 2.25. The average molecular weight is 303 g/mol. The number of rotatable bonds is 5. The first kappa shape index (κ1) is 15.3. The largest absolute Gasteiger partial charge is 0.460 e.